The predicted octanol–water partition coefficient (Wildman–Crippen LogP) is 2.45. The summed E-state index contributed by atoms with van der Waals surface area (Å²) in [5, 5.41) is 3.51. The summed E-state index contributed by atoms with van der Waals surface area (Å²) in [6.07, 6.45) is 6.17. The molecule has 0 bridgehead atoms. The lowest BCUT2D eigenvalue weighted by Crippen LogP contribution is -2.12. The molecule has 0 aliphatic carbocycles. The summed E-state index contributed by atoms with van der Waals surface area (Å²) in [5.41, 5.74) is 5.14. The molecule has 16 heavy (non-hydrogen) atoms. The van der Waals surface area contributed by atoms with Crippen molar-refractivity contribution in [3.05, 3.63) is 36.3 Å². The highest BCUT2D eigenvalue weighted by atomic mass is 15.0. The molecule has 1 aliphatic rings. The van der Waals surface area contributed by atoms with Gasteiger partial charge in [0.05, 0.1) is 18.2 Å². The van der Waals surface area contributed by atoms with Gasteiger partial charge >= 0.3 is 0 Å². The zero-order chi connectivity index (χ0) is 11.0. The Bertz CT molecular complexity index is 514. The van der Waals surface area contributed by atoms with Crippen LogP contribution in [0.25, 0.3) is 11.3 Å². The summed E-state index contributed by atoms with van der Waals surface area (Å²) in [6.45, 7) is 1.07. The quantitative estimate of drug-likeness (QED) is 0.788. The molecule has 1 aromatic carbocycles. The Morgan fingerprint density at radius 1 is 1.38 bits per heavy atom. The van der Waals surface area contributed by atoms with Gasteiger partial charge in [0, 0.05) is 24.8 Å². The molecule has 0 amide bonds. The lowest BCUT2D eigenvalue weighted by atomic mass is 9.98. The number of rotatable bonds is 1. The van der Waals surface area contributed by atoms with Gasteiger partial charge in [-0.3, -0.25) is 0 Å². The minimum atomic E-state index is 1.07. The van der Waals surface area contributed by atoms with E-state index in [0.717, 1.165) is 6.54 Å². The molecule has 0 radical (unpaired) electrons. The van der Waals surface area contributed by atoms with Crippen molar-refractivity contribution in [1.82, 2.24) is 9.55 Å². The highest BCUT2D eigenvalue weighted by Crippen LogP contribution is 2.33. The number of nitrogens with zero attached hydrogens (tertiary/aromatic N) is 2. The van der Waals surface area contributed by atoms with Crippen molar-refractivity contribution in [3.63, 3.8) is 0 Å². The van der Waals surface area contributed by atoms with Gasteiger partial charge in [0.2, 0.25) is 0 Å². The van der Waals surface area contributed by atoms with Crippen molar-refractivity contribution in [2.24, 2.45) is 7.05 Å². The molecule has 1 aliphatic heterocycles. The number of aromatic nitrogens is 2. The van der Waals surface area contributed by atoms with Gasteiger partial charge < -0.3 is 9.88 Å². The molecule has 0 saturated carbocycles. The molecule has 1 aromatic heterocycles. The number of aryl methyl sites for hydroxylation is 2. The molecule has 0 spiro atoms. The minimum absolute atomic E-state index is 1.07. The maximum atomic E-state index is 4.18. The zero-order valence-corrected chi connectivity index (χ0v) is 9.40. The van der Waals surface area contributed by atoms with E-state index in [2.05, 4.69) is 33.1 Å². The first-order valence-corrected chi connectivity index (χ1v) is 5.69. The molecule has 0 saturated heterocycles. The minimum Gasteiger partial charge on any atom is -0.384 e. The van der Waals surface area contributed by atoms with Gasteiger partial charge in [0.25, 0.3) is 0 Å². The summed E-state index contributed by atoms with van der Waals surface area (Å²) in [7, 11) is 2.03. The maximum Gasteiger partial charge on any atom is 0.0948 e. The lowest BCUT2D eigenvalue weighted by molar-refractivity contribution is 0.829. The molecule has 3 nitrogen and oxygen atoms in total. The molecular formula is C13H15N3. The average molecular weight is 213 g/mol. The molecule has 3 rings (SSSR count). The Labute approximate surface area is 95.1 Å². The van der Waals surface area contributed by atoms with Crippen molar-refractivity contribution in [2.75, 3.05) is 11.9 Å². The van der Waals surface area contributed by atoms with Gasteiger partial charge in [-0.25, -0.2) is 4.98 Å². The molecule has 2 heterocycles. The van der Waals surface area contributed by atoms with Gasteiger partial charge in [-0.1, -0.05) is 18.2 Å². The summed E-state index contributed by atoms with van der Waals surface area (Å²) >= 11 is 0. The number of anilines is 1. The fourth-order valence-electron chi connectivity index (χ4n) is 2.34. The molecule has 1 N–H and O–H groups in total. The second kappa shape index (κ2) is 3.67. The SMILES string of the molecule is Cn1cncc1-c1cccc2c1NCCC2. The number of benzene rings is 1. The zero-order valence-electron chi connectivity index (χ0n) is 9.40. The Kier molecular flexibility index (Phi) is 2.17. The van der Waals surface area contributed by atoms with Crippen LogP contribution < -0.4 is 5.32 Å². The Balaban J connectivity index is 2.18. The third kappa shape index (κ3) is 1.40. The van der Waals surface area contributed by atoms with E-state index in [9.17, 15) is 0 Å². The van der Waals surface area contributed by atoms with E-state index in [1.807, 2.05) is 19.6 Å². The highest BCUT2D eigenvalue weighted by molar-refractivity contribution is 5.78. The average Bonchev–Trinajstić information content (AvgIpc) is 2.75. The Hall–Kier alpha value is -1.77. The first-order chi connectivity index (χ1) is 7.86. The number of para-hydroxylation sites is 1. The second-order valence-corrected chi connectivity index (χ2v) is 4.26. The number of nitrogens with one attached hydrogen (secondary N) is 1. The number of hydrogen-bond acceptors (Lipinski definition) is 2. The summed E-state index contributed by atoms with van der Waals surface area (Å²) in [5.74, 6) is 0. The van der Waals surface area contributed by atoms with Crippen LogP contribution in [0.15, 0.2) is 30.7 Å². The first kappa shape index (κ1) is 9.46. The lowest BCUT2D eigenvalue weighted by Gasteiger charge is -2.21. The van der Waals surface area contributed by atoms with E-state index in [1.54, 1.807) is 0 Å². The van der Waals surface area contributed by atoms with Crippen LogP contribution in [-0.2, 0) is 13.5 Å². The monoisotopic (exact) mass is 213 g/mol. The van der Waals surface area contributed by atoms with Crippen LogP contribution in [0.3, 0.4) is 0 Å². The van der Waals surface area contributed by atoms with Crippen LogP contribution in [0.1, 0.15) is 12.0 Å². The molecule has 0 fully saturated rings. The van der Waals surface area contributed by atoms with Crippen LogP contribution in [0.4, 0.5) is 5.69 Å². The van der Waals surface area contributed by atoms with Crippen molar-refractivity contribution in [2.45, 2.75) is 12.8 Å². The van der Waals surface area contributed by atoms with E-state index < -0.39 is 0 Å². The Morgan fingerprint density at radius 3 is 3.12 bits per heavy atom. The van der Waals surface area contributed by atoms with Crippen LogP contribution in [0, 0.1) is 0 Å². The predicted molar refractivity (Wildman–Crippen MR) is 65.5 cm³/mol. The van der Waals surface area contributed by atoms with Gasteiger partial charge in [-0.05, 0) is 18.4 Å². The van der Waals surface area contributed by atoms with Crippen LogP contribution in [0.5, 0.6) is 0 Å². The Morgan fingerprint density at radius 2 is 2.31 bits per heavy atom. The number of imidazole rings is 1. The fraction of sp³-hybridized carbons (Fsp3) is 0.308. The van der Waals surface area contributed by atoms with E-state index in [4.69, 9.17) is 0 Å². The van der Waals surface area contributed by atoms with Gasteiger partial charge in [0.15, 0.2) is 0 Å². The van der Waals surface area contributed by atoms with Gasteiger partial charge in [-0.15, -0.1) is 0 Å². The fourth-order valence-corrected chi connectivity index (χ4v) is 2.34. The standard InChI is InChI=1S/C13H15N3/c1-16-9-14-8-12(16)11-6-2-4-10-5-3-7-15-13(10)11/h2,4,6,8-9,15H,3,5,7H2,1H3. The summed E-state index contributed by atoms with van der Waals surface area (Å²) < 4.78 is 2.06. The topological polar surface area (TPSA) is 29.9 Å². The molecule has 82 valence electrons. The van der Waals surface area contributed by atoms with Crippen molar-refractivity contribution in [3.8, 4) is 11.3 Å². The van der Waals surface area contributed by atoms with E-state index in [-0.39, 0.29) is 0 Å². The summed E-state index contributed by atoms with van der Waals surface area (Å²) in [4.78, 5) is 4.18. The van der Waals surface area contributed by atoms with Crippen LogP contribution in [-0.4, -0.2) is 16.1 Å². The van der Waals surface area contributed by atoms with E-state index in [0.29, 0.717) is 0 Å². The first-order valence-electron chi connectivity index (χ1n) is 5.69. The molecule has 0 unspecified atom stereocenters. The molecule has 2 aromatic rings. The maximum absolute atomic E-state index is 4.18. The highest BCUT2D eigenvalue weighted by Gasteiger charge is 2.14. The van der Waals surface area contributed by atoms with Crippen molar-refractivity contribution >= 4 is 5.69 Å². The largest absolute Gasteiger partial charge is 0.384 e. The molecule has 3 heteroatoms. The number of fused-ring (bicyclic) bond motifs is 1. The third-order valence-electron chi connectivity index (χ3n) is 3.17. The van der Waals surface area contributed by atoms with Gasteiger partial charge in [0.1, 0.15) is 0 Å². The third-order valence-corrected chi connectivity index (χ3v) is 3.17. The smallest absolute Gasteiger partial charge is 0.0948 e. The van der Waals surface area contributed by atoms with Crippen molar-refractivity contribution in [1.29, 1.82) is 0 Å². The van der Waals surface area contributed by atoms with E-state index in [1.165, 1.54) is 35.3 Å². The van der Waals surface area contributed by atoms with Gasteiger partial charge in [-0.2, -0.15) is 0 Å². The van der Waals surface area contributed by atoms with Crippen LogP contribution >= 0.6 is 0 Å². The van der Waals surface area contributed by atoms with E-state index >= 15 is 0 Å². The molecule has 0 atom stereocenters. The van der Waals surface area contributed by atoms with Crippen molar-refractivity contribution < 1.29 is 0 Å². The normalized spacial score (nSPS) is 14.3. The van der Waals surface area contributed by atoms with Crippen LogP contribution in [0.2, 0.25) is 0 Å². The second-order valence-electron chi connectivity index (χ2n) is 4.26. The number of hydrogen-bond donors (Lipinski definition) is 1. The molecular weight excluding hydrogens is 198 g/mol. The summed E-state index contributed by atoms with van der Waals surface area (Å²) in [6, 6.07) is 6.50.